The molecule has 0 aliphatic rings. The largest absolute Gasteiger partial charge is 1.00 e. The summed E-state index contributed by atoms with van der Waals surface area (Å²) in [6.07, 6.45) is 0. The Balaban J connectivity index is -0.000000320. The monoisotopic (exact) mass is 173 g/mol. The van der Waals surface area contributed by atoms with Crippen molar-refractivity contribution in [2.24, 2.45) is 5.29 Å². The molecule has 0 aromatic carbocycles. The van der Waals surface area contributed by atoms with Gasteiger partial charge >= 0.3 is 29.6 Å². The van der Waals surface area contributed by atoms with E-state index >= 15 is 0 Å². The van der Waals surface area contributed by atoms with E-state index in [1.165, 1.54) is 5.01 Å². The van der Waals surface area contributed by atoms with Crippen LogP contribution in [0.5, 0.6) is 0 Å². The first-order valence-electron chi connectivity index (χ1n) is 2.81. The van der Waals surface area contributed by atoms with Gasteiger partial charge in [-0.15, -0.1) is 4.91 Å². The molecule has 0 aliphatic heterocycles. The molecule has 0 amide bonds. The summed E-state index contributed by atoms with van der Waals surface area (Å²) in [5.74, 6) is 0. The third-order valence-corrected chi connectivity index (χ3v) is 1.04. The van der Waals surface area contributed by atoms with Crippen molar-refractivity contribution < 1.29 is 35.0 Å². The van der Waals surface area contributed by atoms with Crippen LogP contribution < -0.4 is 29.6 Å². The third-order valence-electron chi connectivity index (χ3n) is 1.04. The molecule has 2 N–H and O–H groups in total. The summed E-state index contributed by atoms with van der Waals surface area (Å²) in [5.41, 5.74) is 0. The Bertz CT molecular complexity index is 90.7. The van der Waals surface area contributed by atoms with Crippen molar-refractivity contribution in [3.8, 4) is 0 Å². The summed E-state index contributed by atoms with van der Waals surface area (Å²) in [5, 5.41) is 13.8. The fourth-order valence-electron chi connectivity index (χ4n) is 0.517. The van der Waals surface area contributed by atoms with E-state index in [9.17, 15) is 10.1 Å². The van der Waals surface area contributed by atoms with Gasteiger partial charge in [0.15, 0.2) is 0 Å². The number of nitroso groups, excluding NO2 is 1. The van der Waals surface area contributed by atoms with Crippen LogP contribution in [-0.2, 0) is 0 Å². The van der Waals surface area contributed by atoms with Crippen LogP contribution in [0.15, 0.2) is 5.29 Å². The Morgan fingerprint density at radius 1 is 1.36 bits per heavy atom. The van der Waals surface area contributed by atoms with Crippen LogP contribution in [0.25, 0.3) is 0 Å². The smallest absolute Gasteiger partial charge is 0.724 e. The van der Waals surface area contributed by atoms with E-state index < -0.39 is 0 Å². The van der Waals surface area contributed by atoms with Crippen molar-refractivity contribution in [1.82, 2.24) is 10.3 Å². The number of rotatable bonds is 4. The molecule has 0 aromatic rings. The Morgan fingerprint density at radius 2 is 1.73 bits per heavy atom. The first kappa shape index (κ1) is 17.4. The van der Waals surface area contributed by atoms with E-state index in [1.807, 2.05) is 0 Å². The molecule has 0 bridgehead atoms. The Hall–Kier alpha value is 0.280. The van der Waals surface area contributed by atoms with Gasteiger partial charge < -0.3 is 10.7 Å². The molecule has 11 heavy (non-hydrogen) atoms. The number of hydrogen-bond donors (Lipinski definition) is 0. The van der Waals surface area contributed by atoms with Crippen LogP contribution in [0.4, 0.5) is 0 Å². The van der Waals surface area contributed by atoms with Gasteiger partial charge in [0, 0.05) is 13.1 Å². The van der Waals surface area contributed by atoms with E-state index in [0.717, 1.165) is 0 Å². The molecule has 0 unspecified atom stereocenters. The van der Waals surface area contributed by atoms with Gasteiger partial charge in [0.25, 0.3) is 0 Å². The van der Waals surface area contributed by atoms with Crippen molar-refractivity contribution in [3.05, 3.63) is 10.1 Å². The molecule has 62 valence electrons. The number of hydrazine groups is 1. The van der Waals surface area contributed by atoms with E-state index in [0.29, 0.717) is 13.1 Å². The third kappa shape index (κ3) is 6.67. The first-order chi connectivity index (χ1) is 4.26. The molecule has 7 heteroatoms. The maximum atomic E-state index is 10.3. The zero-order valence-electron chi connectivity index (χ0n) is 7.07. The average Bonchev–Trinajstić information content (AvgIpc) is 1.90. The van der Waals surface area contributed by atoms with Crippen LogP contribution in [0.1, 0.15) is 13.8 Å². The second-order valence-corrected chi connectivity index (χ2v) is 1.47. The Labute approximate surface area is 87.6 Å². The first-order valence-corrected chi connectivity index (χ1v) is 2.81. The van der Waals surface area contributed by atoms with E-state index in [4.69, 9.17) is 0 Å². The van der Waals surface area contributed by atoms with Gasteiger partial charge in [0.1, 0.15) is 0 Å². The summed E-state index contributed by atoms with van der Waals surface area (Å²) < 4.78 is 0. The molecule has 0 atom stereocenters. The summed E-state index contributed by atoms with van der Waals surface area (Å²) in [7, 11) is 0. The minimum atomic E-state index is 0. The fraction of sp³-hybridized carbons (Fsp3) is 1.00. The summed E-state index contributed by atoms with van der Waals surface area (Å²) in [6, 6.07) is 0. The molecule has 6 nitrogen and oxygen atoms in total. The molecule has 0 rings (SSSR count). The molecule has 0 fully saturated rings. The quantitative estimate of drug-likeness (QED) is 0.256. The normalized spacial score (nSPS) is 8.00. The maximum Gasteiger partial charge on any atom is 1.00 e. The average molecular weight is 173 g/mol. The second kappa shape index (κ2) is 10.3. The van der Waals surface area contributed by atoms with Gasteiger partial charge in [-0.25, -0.2) is 5.01 Å². The minimum Gasteiger partial charge on any atom is -0.724 e. The van der Waals surface area contributed by atoms with Gasteiger partial charge in [-0.05, 0) is 0 Å². The molecule has 0 heterocycles. The van der Waals surface area contributed by atoms with Crippen molar-refractivity contribution in [3.63, 3.8) is 0 Å². The van der Waals surface area contributed by atoms with E-state index in [-0.39, 0.29) is 40.3 Å². The van der Waals surface area contributed by atoms with Crippen LogP contribution >= 0.6 is 0 Å². The van der Waals surface area contributed by atoms with Crippen molar-refractivity contribution in [2.45, 2.75) is 13.8 Å². The van der Waals surface area contributed by atoms with Crippen molar-refractivity contribution >= 4 is 0 Å². The topological polar surface area (TPSA) is 90.5 Å². The fourth-order valence-corrected chi connectivity index (χ4v) is 0.517. The van der Waals surface area contributed by atoms with E-state index in [2.05, 4.69) is 5.29 Å². The SMILES string of the molecule is CCN(CC)N([O-])N=O.O.[Na+]. The number of hydrogen-bond acceptors (Lipinski definition) is 4. The predicted molar refractivity (Wildman–Crippen MR) is 37.5 cm³/mol. The maximum absolute atomic E-state index is 10.3. The predicted octanol–water partition coefficient (Wildman–Crippen LogP) is -3.10. The zero-order valence-corrected chi connectivity index (χ0v) is 9.07. The second-order valence-electron chi connectivity index (χ2n) is 1.47. The van der Waals surface area contributed by atoms with Crippen LogP contribution in [0.3, 0.4) is 0 Å². The molecule has 0 saturated carbocycles. The number of nitrogens with zero attached hydrogens (tertiary/aromatic N) is 3. The summed E-state index contributed by atoms with van der Waals surface area (Å²) in [6.45, 7) is 4.57. The minimum absolute atomic E-state index is 0. The molecular formula is C4H12N3NaO3. The van der Waals surface area contributed by atoms with Crippen molar-refractivity contribution in [2.75, 3.05) is 13.1 Å². The van der Waals surface area contributed by atoms with Gasteiger partial charge in [-0.3, -0.25) is 5.28 Å². The van der Waals surface area contributed by atoms with Crippen LogP contribution in [0, 0.1) is 10.1 Å². The van der Waals surface area contributed by atoms with Gasteiger partial charge in [0.2, 0.25) is 0 Å². The molecule has 0 spiro atoms. The zero-order chi connectivity index (χ0) is 7.28. The summed E-state index contributed by atoms with van der Waals surface area (Å²) in [4.78, 5) is 9.59. The van der Waals surface area contributed by atoms with Crippen molar-refractivity contribution in [1.29, 1.82) is 0 Å². The Kier molecular flexibility index (Phi) is 16.2. The van der Waals surface area contributed by atoms with Gasteiger partial charge in [0.05, 0.1) is 5.29 Å². The molecule has 0 saturated heterocycles. The van der Waals surface area contributed by atoms with Crippen LogP contribution in [-0.4, -0.2) is 28.9 Å². The summed E-state index contributed by atoms with van der Waals surface area (Å²) >= 11 is 0. The molecule has 0 aliphatic carbocycles. The van der Waals surface area contributed by atoms with Gasteiger partial charge in [-0.2, -0.15) is 0 Å². The van der Waals surface area contributed by atoms with E-state index in [1.54, 1.807) is 13.8 Å². The molecule has 0 radical (unpaired) electrons. The van der Waals surface area contributed by atoms with Crippen LogP contribution in [0.2, 0.25) is 0 Å². The molecular weight excluding hydrogens is 161 g/mol. The Morgan fingerprint density at radius 3 is 1.82 bits per heavy atom. The van der Waals surface area contributed by atoms with Gasteiger partial charge in [-0.1, -0.05) is 13.8 Å². The standard InChI is InChI=1S/C4H10N3O2.Na.H2O/c1-3-6(4-2)7(9)5-8;;/h3-4H2,1-2H3;;1H2/q-1;+1;. The molecule has 0 aromatic heterocycles.